The van der Waals surface area contributed by atoms with Crippen molar-refractivity contribution in [2.24, 2.45) is 0 Å². The van der Waals surface area contributed by atoms with E-state index in [2.05, 4.69) is 16.5 Å². The first kappa shape index (κ1) is 8.07. The molecule has 0 aliphatic heterocycles. The van der Waals surface area contributed by atoms with Gasteiger partial charge >= 0.3 is 0 Å². The molecule has 1 heterocycles. The van der Waals surface area contributed by atoms with E-state index >= 15 is 0 Å². The molecule has 58 valence electrons. The van der Waals surface area contributed by atoms with Gasteiger partial charge in [-0.25, -0.2) is 9.97 Å². The van der Waals surface area contributed by atoms with E-state index in [0.29, 0.717) is 5.95 Å². The SMILES string of the molecule is C=CCSc1ccnc(N)n1. The summed E-state index contributed by atoms with van der Waals surface area (Å²) in [7, 11) is 0. The number of nitrogen functional groups attached to an aromatic ring is 1. The molecule has 0 bridgehead atoms. The second kappa shape index (κ2) is 3.98. The molecule has 1 rings (SSSR count). The van der Waals surface area contributed by atoms with Gasteiger partial charge in [0.2, 0.25) is 5.95 Å². The molecule has 0 amide bonds. The molecule has 0 aromatic carbocycles. The van der Waals surface area contributed by atoms with Crippen LogP contribution in [0.5, 0.6) is 0 Å². The summed E-state index contributed by atoms with van der Waals surface area (Å²) < 4.78 is 0. The second-order valence-electron chi connectivity index (χ2n) is 1.85. The van der Waals surface area contributed by atoms with Gasteiger partial charge in [-0.3, -0.25) is 0 Å². The fourth-order valence-corrected chi connectivity index (χ4v) is 1.18. The van der Waals surface area contributed by atoms with Gasteiger partial charge in [-0.1, -0.05) is 6.08 Å². The largest absolute Gasteiger partial charge is 0.368 e. The first-order valence-corrected chi connectivity index (χ1v) is 4.13. The van der Waals surface area contributed by atoms with Gasteiger partial charge < -0.3 is 5.73 Å². The molecule has 1 aromatic heterocycles. The van der Waals surface area contributed by atoms with Crippen LogP contribution < -0.4 is 5.73 Å². The monoisotopic (exact) mass is 167 g/mol. The maximum absolute atomic E-state index is 5.37. The molecule has 4 heteroatoms. The predicted octanol–water partition coefficient (Wildman–Crippen LogP) is 1.34. The van der Waals surface area contributed by atoms with Crippen molar-refractivity contribution in [3.8, 4) is 0 Å². The fraction of sp³-hybridized carbons (Fsp3) is 0.143. The number of anilines is 1. The Bertz CT molecular complexity index is 249. The summed E-state index contributed by atoms with van der Waals surface area (Å²) in [6, 6.07) is 1.82. The van der Waals surface area contributed by atoms with Crippen molar-refractivity contribution in [3.63, 3.8) is 0 Å². The van der Waals surface area contributed by atoms with E-state index in [1.54, 1.807) is 18.0 Å². The molecule has 0 fully saturated rings. The summed E-state index contributed by atoms with van der Waals surface area (Å²) in [6.07, 6.45) is 3.47. The van der Waals surface area contributed by atoms with Crippen LogP contribution in [-0.2, 0) is 0 Å². The van der Waals surface area contributed by atoms with Crippen LogP contribution in [0.3, 0.4) is 0 Å². The zero-order valence-corrected chi connectivity index (χ0v) is 6.84. The molecule has 0 spiro atoms. The van der Waals surface area contributed by atoms with Crippen molar-refractivity contribution < 1.29 is 0 Å². The lowest BCUT2D eigenvalue weighted by Crippen LogP contribution is -1.94. The van der Waals surface area contributed by atoms with Crippen LogP contribution in [0.1, 0.15) is 0 Å². The Kier molecular flexibility index (Phi) is 2.92. The van der Waals surface area contributed by atoms with Gasteiger partial charge in [0, 0.05) is 11.9 Å². The van der Waals surface area contributed by atoms with Crippen molar-refractivity contribution in [2.45, 2.75) is 5.03 Å². The highest BCUT2D eigenvalue weighted by Gasteiger charge is 1.93. The van der Waals surface area contributed by atoms with Crippen LogP contribution >= 0.6 is 11.8 Å². The highest BCUT2D eigenvalue weighted by molar-refractivity contribution is 7.99. The molecule has 1 aromatic rings. The van der Waals surface area contributed by atoms with Crippen molar-refractivity contribution in [1.29, 1.82) is 0 Å². The first-order chi connectivity index (χ1) is 5.33. The normalized spacial score (nSPS) is 9.45. The summed E-state index contributed by atoms with van der Waals surface area (Å²) >= 11 is 1.59. The van der Waals surface area contributed by atoms with Crippen LogP contribution in [0.15, 0.2) is 29.9 Å². The topological polar surface area (TPSA) is 51.8 Å². The number of rotatable bonds is 3. The van der Waals surface area contributed by atoms with Crippen molar-refractivity contribution in [1.82, 2.24) is 9.97 Å². The van der Waals surface area contributed by atoms with Gasteiger partial charge in [0.25, 0.3) is 0 Å². The summed E-state index contributed by atoms with van der Waals surface area (Å²) in [5.74, 6) is 1.16. The van der Waals surface area contributed by atoms with E-state index in [1.807, 2.05) is 12.1 Å². The zero-order chi connectivity index (χ0) is 8.10. The fourth-order valence-electron chi connectivity index (χ4n) is 0.581. The Hall–Kier alpha value is -1.03. The highest BCUT2D eigenvalue weighted by Crippen LogP contribution is 2.14. The van der Waals surface area contributed by atoms with Gasteiger partial charge in [0.05, 0.1) is 0 Å². The number of hydrogen-bond donors (Lipinski definition) is 1. The zero-order valence-electron chi connectivity index (χ0n) is 6.03. The van der Waals surface area contributed by atoms with Crippen LogP contribution in [-0.4, -0.2) is 15.7 Å². The predicted molar refractivity (Wildman–Crippen MR) is 47.4 cm³/mol. The molecule has 2 N–H and O–H groups in total. The van der Waals surface area contributed by atoms with Crippen LogP contribution in [0.4, 0.5) is 5.95 Å². The number of nitrogens with zero attached hydrogens (tertiary/aromatic N) is 2. The van der Waals surface area contributed by atoms with Gasteiger partial charge in [0.15, 0.2) is 0 Å². The number of hydrogen-bond acceptors (Lipinski definition) is 4. The van der Waals surface area contributed by atoms with E-state index in [4.69, 9.17) is 5.73 Å². The molecule has 0 radical (unpaired) electrons. The molecule has 11 heavy (non-hydrogen) atoms. The minimum atomic E-state index is 0.319. The number of nitrogens with two attached hydrogens (primary N) is 1. The van der Waals surface area contributed by atoms with E-state index in [-0.39, 0.29) is 0 Å². The Morgan fingerprint density at radius 2 is 2.55 bits per heavy atom. The average molecular weight is 167 g/mol. The van der Waals surface area contributed by atoms with E-state index in [1.165, 1.54) is 0 Å². The summed E-state index contributed by atoms with van der Waals surface area (Å²) in [5, 5.41) is 0.886. The average Bonchev–Trinajstić information content (AvgIpc) is 2.01. The molecule has 0 aliphatic rings. The first-order valence-electron chi connectivity index (χ1n) is 3.15. The minimum Gasteiger partial charge on any atom is -0.368 e. The molecule has 0 saturated heterocycles. The van der Waals surface area contributed by atoms with Gasteiger partial charge in [-0.05, 0) is 6.07 Å². The number of aromatic nitrogens is 2. The van der Waals surface area contributed by atoms with E-state index in [9.17, 15) is 0 Å². The summed E-state index contributed by atoms with van der Waals surface area (Å²) in [6.45, 7) is 3.60. The lowest BCUT2D eigenvalue weighted by Gasteiger charge is -1.96. The second-order valence-corrected chi connectivity index (χ2v) is 2.89. The smallest absolute Gasteiger partial charge is 0.221 e. The van der Waals surface area contributed by atoms with Crippen LogP contribution in [0, 0.1) is 0 Å². The minimum absolute atomic E-state index is 0.319. The number of thioether (sulfide) groups is 1. The van der Waals surface area contributed by atoms with E-state index in [0.717, 1.165) is 10.8 Å². The Balaban J connectivity index is 2.63. The van der Waals surface area contributed by atoms with Crippen molar-refractivity contribution in [2.75, 3.05) is 11.5 Å². The molecular weight excluding hydrogens is 158 g/mol. The molecular formula is C7H9N3S. The summed E-state index contributed by atoms with van der Waals surface area (Å²) in [5.41, 5.74) is 5.37. The van der Waals surface area contributed by atoms with Crippen molar-refractivity contribution >= 4 is 17.7 Å². The third-order valence-electron chi connectivity index (χ3n) is 0.998. The molecule has 3 nitrogen and oxygen atoms in total. The Morgan fingerprint density at radius 1 is 1.73 bits per heavy atom. The molecule has 0 unspecified atom stereocenters. The quantitative estimate of drug-likeness (QED) is 0.419. The summed E-state index contributed by atoms with van der Waals surface area (Å²) in [4.78, 5) is 7.77. The third-order valence-corrected chi connectivity index (χ3v) is 1.92. The van der Waals surface area contributed by atoms with Crippen LogP contribution in [0.25, 0.3) is 0 Å². The standard InChI is InChI=1S/C7H9N3S/c1-2-5-11-6-3-4-9-7(8)10-6/h2-4H,1,5H2,(H2,8,9,10). The van der Waals surface area contributed by atoms with E-state index < -0.39 is 0 Å². The Morgan fingerprint density at radius 3 is 3.18 bits per heavy atom. The van der Waals surface area contributed by atoms with Gasteiger partial charge in [-0.15, -0.1) is 18.3 Å². The van der Waals surface area contributed by atoms with Crippen molar-refractivity contribution in [3.05, 3.63) is 24.9 Å². The lowest BCUT2D eigenvalue weighted by atomic mass is 10.7. The Labute approximate surface area is 69.7 Å². The highest BCUT2D eigenvalue weighted by atomic mass is 32.2. The maximum Gasteiger partial charge on any atom is 0.221 e. The molecule has 0 saturated carbocycles. The van der Waals surface area contributed by atoms with Crippen LogP contribution in [0.2, 0.25) is 0 Å². The molecule has 0 atom stereocenters. The van der Waals surface area contributed by atoms with Gasteiger partial charge in [0.1, 0.15) is 5.03 Å². The third kappa shape index (κ3) is 2.59. The lowest BCUT2D eigenvalue weighted by molar-refractivity contribution is 1.07. The molecule has 0 aliphatic carbocycles. The van der Waals surface area contributed by atoms with Gasteiger partial charge in [-0.2, -0.15) is 0 Å². The maximum atomic E-state index is 5.37.